The Kier molecular flexibility index (Phi) is 6.50. The van der Waals surface area contributed by atoms with Crippen LogP contribution in [0.5, 0.6) is 0 Å². The molecule has 4 heteroatoms. The highest BCUT2D eigenvalue weighted by atomic mass is 35.5. The third-order valence-electron chi connectivity index (χ3n) is 7.00. The van der Waals surface area contributed by atoms with Crippen LogP contribution in [0.4, 0.5) is 0 Å². The van der Waals surface area contributed by atoms with Gasteiger partial charge in [-0.05, 0) is 66.9 Å². The third kappa shape index (κ3) is 3.90. The minimum absolute atomic E-state index is 0. The molecule has 0 saturated carbocycles. The summed E-state index contributed by atoms with van der Waals surface area (Å²) in [6, 6.07) is 4.32. The van der Waals surface area contributed by atoms with Crippen molar-refractivity contribution in [1.29, 1.82) is 0 Å². The van der Waals surface area contributed by atoms with Crippen molar-refractivity contribution in [2.24, 2.45) is 22.7 Å². The molecule has 0 aromatic carbocycles. The number of hydrogen-bond acceptors (Lipinski definition) is 2. The highest BCUT2D eigenvalue weighted by Gasteiger charge is 2.43. The SMILES string of the molecule is CC(C)[C@H]1C2=CC3=NC2=C(c2ccc(C4=CC=C[NH2+]4)o2)[C@@H]1CCCCCCCC3.[Cl-]. The molecule has 6 rings (SSSR count). The van der Waals surface area contributed by atoms with E-state index in [1.165, 1.54) is 67.5 Å². The lowest BCUT2D eigenvalue weighted by Crippen LogP contribution is -3.00. The molecule has 4 bridgehead atoms. The van der Waals surface area contributed by atoms with Crippen LogP contribution >= 0.6 is 0 Å². The highest BCUT2D eigenvalue weighted by molar-refractivity contribution is 6.02. The van der Waals surface area contributed by atoms with Crippen LogP contribution in [-0.4, -0.2) is 5.71 Å². The first-order valence-corrected chi connectivity index (χ1v) is 11.6. The van der Waals surface area contributed by atoms with E-state index >= 15 is 0 Å². The number of halogens is 1. The van der Waals surface area contributed by atoms with Crippen LogP contribution in [0.15, 0.2) is 57.2 Å². The molecule has 3 nitrogen and oxygen atoms in total. The van der Waals surface area contributed by atoms with Gasteiger partial charge in [-0.25, -0.2) is 0 Å². The summed E-state index contributed by atoms with van der Waals surface area (Å²) < 4.78 is 6.44. The van der Waals surface area contributed by atoms with Gasteiger partial charge in [0.25, 0.3) is 0 Å². The van der Waals surface area contributed by atoms with Crippen molar-refractivity contribution in [2.45, 2.75) is 65.2 Å². The minimum atomic E-state index is 0. The predicted molar refractivity (Wildman–Crippen MR) is 119 cm³/mol. The van der Waals surface area contributed by atoms with Crippen LogP contribution in [0.2, 0.25) is 0 Å². The zero-order chi connectivity index (χ0) is 19.8. The van der Waals surface area contributed by atoms with E-state index in [0.29, 0.717) is 17.8 Å². The number of nitrogens with zero attached hydrogens (tertiary/aromatic N) is 1. The van der Waals surface area contributed by atoms with Crippen LogP contribution in [0.3, 0.4) is 0 Å². The zero-order valence-electron chi connectivity index (χ0n) is 18.2. The van der Waals surface area contributed by atoms with E-state index in [2.05, 4.69) is 55.7 Å². The number of nitrogens with two attached hydrogens (primary N) is 1. The summed E-state index contributed by atoms with van der Waals surface area (Å²) in [5, 5.41) is 2.12. The van der Waals surface area contributed by atoms with Crippen LogP contribution in [0, 0.1) is 17.8 Å². The fourth-order valence-corrected chi connectivity index (χ4v) is 5.66. The Labute approximate surface area is 186 Å². The molecule has 0 saturated heterocycles. The van der Waals surface area contributed by atoms with Crippen LogP contribution in [0.25, 0.3) is 11.3 Å². The molecule has 0 unspecified atom stereocenters. The molecule has 0 fully saturated rings. The molecule has 0 radical (unpaired) electrons. The molecule has 1 aromatic heterocycles. The number of fused-ring (bicyclic) bond motifs is 7. The predicted octanol–water partition coefficient (Wildman–Crippen LogP) is 2.84. The Balaban J connectivity index is 0.00000218. The number of quaternary nitrogens is 1. The van der Waals surface area contributed by atoms with E-state index in [1.807, 2.05) is 0 Å². The molecule has 0 amide bonds. The van der Waals surface area contributed by atoms with Gasteiger partial charge in [-0.2, -0.15) is 0 Å². The summed E-state index contributed by atoms with van der Waals surface area (Å²) >= 11 is 0. The Bertz CT molecular complexity index is 944. The molecule has 0 spiro atoms. The zero-order valence-corrected chi connectivity index (χ0v) is 18.9. The molecule has 3 aliphatic heterocycles. The van der Waals surface area contributed by atoms with Crippen LogP contribution in [-0.2, 0) is 0 Å². The van der Waals surface area contributed by atoms with Crippen molar-refractivity contribution < 1.29 is 22.1 Å². The molecule has 5 aliphatic rings. The smallest absolute Gasteiger partial charge is 0.188 e. The molecule has 1 aromatic rings. The summed E-state index contributed by atoms with van der Waals surface area (Å²) in [4.78, 5) is 5.18. The van der Waals surface area contributed by atoms with E-state index in [1.54, 1.807) is 0 Å². The lowest BCUT2D eigenvalue weighted by Gasteiger charge is -2.26. The maximum atomic E-state index is 6.44. The molecule has 4 heterocycles. The molecule has 2 atom stereocenters. The van der Waals surface area contributed by atoms with E-state index in [9.17, 15) is 0 Å². The first-order chi connectivity index (χ1) is 14.2. The largest absolute Gasteiger partial charge is 1.00 e. The fourth-order valence-electron chi connectivity index (χ4n) is 5.66. The normalized spacial score (nSPS) is 26.2. The van der Waals surface area contributed by atoms with Gasteiger partial charge in [0.1, 0.15) is 5.76 Å². The fraction of sp³-hybridized carbons (Fsp3) is 0.500. The minimum Gasteiger partial charge on any atom is -1.00 e. The second kappa shape index (κ2) is 9.11. The average molecular weight is 425 g/mol. The van der Waals surface area contributed by atoms with Crippen molar-refractivity contribution in [2.75, 3.05) is 0 Å². The first kappa shape index (κ1) is 21.4. The Morgan fingerprint density at radius 1 is 1.03 bits per heavy atom. The highest BCUT2D eigenvalue weighted by Crippen LogP contribution is 2.54. The van der Waals surface area contributed by atoms with Crippen LogP contribution in [0.1, 0.15) is 76.7 Å². The van der Waals surface area contributed by atoms with Crippen molar-refractivity contribution in [3.63, 3.8) is 0 Å². The lowest BCUT2D eigenvalue weighted by molar-refractivity contribution is -0.484. The standard InChI is InChI=1S/C26H32N2O.ClH/c1-17(2)24-19-11-8-6-4-3-5-7-10-18-16-20(24)26(28-18)25(19)23-14-13-22(29-23)21-12-9-15-27-21;/h9,12-17,19,24,27H,3-8,10-11H2,1-2H3;1H/t19-,24-;/m1./s1. The third-order valence-corrected chi connectivity index (χ3v) is 7.00. The van der Waals surface area contributed by atoms with Crippen molar-refractivity contribution >= 4 is 17.0 Å². The lowest BCUT2D eigenvalue weighted by atomic mass is 9.77. The van der Waals surface area contributed by atoms with Crippen molar-refractivity contribution in [1.82, 2.24) is 0 Å². The van der Waals surface area contributed by atoms with Gasteiger partial charge in [-0.15, -0.1) is 0 Å². The number of furan rings is 1. The summed E-state index contributed by atoms with van der Waals surface area (Å²) in [6.45, 7) is 4.76. The van der Waals surface area contributed by atoms with Crippen LogP contribution < -0.4 is 17.7 Å². The van der Waals surface area contributed by atoms with E-state index in [-0.39, 0.29) is 12.4 Å². The second-order valence-electron chi connectivity index (χ2n) is 9.34. The summed E-state index contributed by atoms with van der Waals surface area (Å²) in [5.74, 6) is 3.71. The summed E-state index contributed by atoms with van der Waals surface area (Å²) in [6.07, 6.45) is 19.1. The maximum Gasteiger partial charge on any atom is 0.188 e. The molecular weight excluding hydrogens is 392 g/mol. The summed E-state index contributed by atoms with van der Waals surface area (Å²) in [5.41, 5.74) is 6.56. The topological polar surface area (TPSA) is 42.1 Å². The molecular formula is C26H33ClN2O. The van der Waals surface area contributed by atoms with Crippen molar-refractivity contribution in [3.8, 4) is 0 Å². The Morgan fingerprint density at radius 2 is 1.80 bits per heavy atom. The maximum absolute atomic E-state index is 6.44. The Morgan fingerprint density at radius 3 is 2.57 bits per heavy atom. The Hall–Kier alpha value is -1.84. The van der Waals surface area contributed by atoms with E-state index < -0.39 is 0 Å². The molecule has 2 N–H and O–H groups in total. The van der Waals surface area contributed by atoms with E-state index in [0.717, 1.165) is 23.6 Å². The number of aliphatic imine (C=N–C) groups is 1. The number of rotatable bonds is 3. The molecule has 30 heavy (non-hydrogen) atoms. The van der Waals surface area contributed by atoms with E-state index in [4.69, 9.17) is 9.41 Å². The number of hydrogen-bond donors (Lipinski definition) is 1. The van der Waals surface area contributed by atoms with Gasteiger partial charge in [-0.1, -0.05) is 46.0 Å². The van der Waals surface area contributed by atoms with Gasteiger partial charge < -0.3 is 16.8 Å². The average Bonchev–Trinajstić information content (AvgIpc) is 3.46. The van der Waals surface area contributed by atoms with Gasteiger partial charge in [0.05, 0.1) is 11.9 Å². The van der Waals surface area contributed by atoms with Gasteiger partial charge in [-0.3, -0.25) is 10.3 Å². The second-order valence-corrected chi connectivity index (χ2v) is 9.34. The van der Waals surface area contributed by atoms with Gasteiger partial charge >= 0.3 is 0 Å². The number of allylic oxidation sites excluding steroid dienone is 5. The van der Waals surface area contributed by atoms with Gasteiger partial charge in [0.15, 0.2) is 11.5 Å². The molecule has 2 aliphatic carbocycles. The van der Waals surface area contributed by atoms with Crippen molar-refractivity contribution in [3.05, 3.63) is 59.4 Å². The van der Waals surface area contributed by atoms with Gasteiger partial charge in [0.2, 0.25) is 0 Å². The quantitative estimate of drug-likeness (QED) is 0.796. The first-order valence-electron chi connectivity index (χ1n) is 11.6. The molecule has 160 valence electrons. The van der Waals surface area contributed by atoms with Gasteiger partial charge in [0, 0.05) is 17.4 Å². The monoisotopic (exact) mass is 424 g/mol. The summed E-state index contributed by atoms with van der Waals surface area (Å²) in [7, 11) is 0.